The normalized spacial score (nSPS) is 17.0. The Kier molecular flexibility index (Phi) is 6.07. The second-order valence-electron chi connectivity index (χ2n) is 8.64. The van der Waals surface area contributed by atoms with E-state index in [1.165, 1.54) is 5.52 Å². The molecule has 1 fully saturated rings. The van der Waals surface area contributed by atoms with Crippen LogP contribution in [0.1, 0.15) is 37.5 Å². The highest BCUT2D eigenvalue weighted by Gasteiger charge is 2.25. The fraction of sp³-hybridized carbons (Fsp3) is 0.346. The molecule has 0 unspecified atom stereocenters. The maximum atomic E-state index is 6.11. The monoisotopic (exact) mass is 443 g/mol. The summed E-state index contributed by atoms with van der Waals surface area (Å²) in [5.74, 6) is 1.89. The van der Waals surface area contributed by atoms with E-state index < -0.39 is 0 Å². The number of imidazole rings is 1. The van der Waals surface area contributed by atoms with Crippen LogP contribution in [-0.4, -0.2) is 51.2 Å². The zero-order valence-corrected chi connectivity index (χ0v) is 19.3. The molecule has 0 bridgehead atoms. The Morgan fingerprint density at radius 3 is 2.82 bits per heavy atom. The Morgan fingerprint density at radius 2 is 1.97 bits per heavy atom. The summed E-state index contributed by atoms with van der Waals surface area (Å²) in [4.78, 5) is 16.7. The predicted molar refractivity (Wildman–Crippen MR) is 128 cm³/mol. The third kappa shape index (κ3) is 4.47. The highest BCUT2D eigenvalue weighted by Crippen LogP contribution is 2.27. The van der Waals surface area contributed by atoms with Crippen molar-refractivity contribution in [1.82, 2.24) is 24.4 Å². The van der Waals surface area contributed by atoms with Crippen molar-refractivity contribution in [2.75, 3.05) is 26.8 Å². The lowest BCUT2D eigenvalue weighted by Crippen LogP contribution is -2.38. The van der Waals surface area contributed by atoms with Crippen molar-refractivity contribution in [2.45, 2.75) is 32.5 Å². The van der Waals surface area contributed by atoms with Gasteiger partial charge in [0.25, 0.3) is 0 Å². The number of hydrogen-bond acceptors (Lipinski definition) is 6. The second-order valence-corrected chi connectivity index (χ2v) is 8.64. The molecule has 4 aromatic rings. The third-order valence-corrected chi connectivity index (χ3v) is 6.05. The first-order valence-electron chi connectivity index (χ1n) is 11.4. The Balaban J connectivity index is 1.37. The van der Waals surface area contributed by atoms with Crippen molar-refractivity contribution in [1.29, 1.82) is 0 Å². The molecule has 7 heteroatoms. The fourth-order valence-corrected chi connectivity index (χ4v) is 4.46. The summed E-state index contributed by atoms with van der Waals surface area (Å²) >= 11 is 0. The van der Waals surface area contributed by atoms with Gasteiger partial charge in [0.1, 0.15) is 17.7 Å². The highest BCUT2D eigenvalue weighted by molar-refractivity contribution is 5.76. The molecule has 0 N–H and O–H groups in total. The quantitative estimate of drug-likeness (QED) is 0.432. The summed E-state index contributed by atoms with van der Waals surface area (Å²) in [5, 5.41) is 0. The lowest BCUT2D eigenvalue weighted by molar-refractivity contribution is -0.0361. The zero-order valence-electron chi connectivity index (χ0n) is 19.3. The molecule has 0 radical (unpaired) electrons. The number of rotatable bonds is 6. The van der Waals surface area contributed by atoms with Crippen molar-refractivity contribution >= 4 is 11.0 Å². The topological polar surface area (TPSA) is 65.3 Å². The summed E-state index contributed by atoms with van der Waals surface area (Å²) in [6.07, 6.45) is 3.46. The molecule has 2 aromatic carbocycles. The number of hydrogen-bond donors (Lipinski definition) is 0. The number of benzene rings is 2. The van der Waals surface area contributed by atoms with Crippen LogP contribution in [0.5, 0.6) is 5.75 Å². The van der Waals surface area contributed by atoms with Crippen LogP contribution in [0.3, 0.4) is 0 Å². The minimum atomic E-state index is -0.131. The van der Waals surface area contributed by atoms with Crippen LogP contribution >= 0.6 is 0 Å². The van der Waals surface area contributed by atoms with E-state index in [0.717, 1.165) is 53.7 Å². The first kappa shape index (κ1) is 21.6. The van der Waals surface area contributed by atoms with Gasteiger partial charge in [0.15, 0.2) is 0 Å². The van der Waals surface area contributed by atoms with Crippen LogP contribution in [0, 0.1) is 0 Å². The van der Waals surface area contributed by atoms with Crippen molar-refractivity contribution in [2.24, 2.45) is 0 Å². The maximum absolute atomic E-state index is 6.11. The van der Waals surface area contributed by atoms with Crippen LogP contribution in [0.25, 0.3) is 22.3 Å². The molecular weight excluding hydrogens is 414 g/mol. The molecule has 33 heavy (non-hydrogen) atoms. The summed E-state index contributed by atoms with van der Waals surface area (Å²) in [6, 6.07) is 16.6. The molecule has 1 saturated heterocycles. The molecular formula is C26H29N5O2. The van der Waals surface area contributed by atoms with Gasteiger partial charge in [-0.3, -0.25) is 9.88 Å². The molecule has 0 spiro atoms. The van der Waals surface area contributed by atoms with Crippen molar-refractivity contribution < 1.29 is 9.47 Å². The third-order valence-electron chi connectivity index (χ3n) is 6.05. The van der Waals surface area contributed by atoms with Crippen molar-refractivity contribution in [3.63, 3.8) is 0 Å². The van der Waals surface area contributed by atoms with Gasteiger partial charge in [-0.1, -0.05) is 24.3 Å². The van der Waals surface area contributed by atoms with Crippen LogP contribution in [0.2, 0.25) is 0 Å². The van der Waals surface area contributed by atoms with Gasteiger partial charge in [-0.25, -0.2) is 9.97 Å². The van der Waals surface area contributed by atoms with E-state index in [2.05, 4.69) is 46.5 Å². The Hall–Kier alpha value is -3.29. The van der Waals surface area contributed by atoms with E-state index in [9.17, 15) is 0 Å². The van der Waals surface area contributed by atoms with E-state index >= 15 is 0 Å². The largest absolute Gasteiger partial charge is 0.497 e. The van der Waals surface area contributed by atoms with E-state index in [4.69, 9.17) is 19.4 Å². The zero-order chi connectivity index (χ0) is 22.8. The minimum absolute atomic E-state index is 0.131. The summed E-state index contributed by atoms with van der Waals surface area (Å²) in [5.41, 5.74) is 4.86. The molecule has 0 saturated carbocycles. The first-order chi connectivity index (χ1) is 16.1. The number of morpholine rings is 1. The van der Waals surface area contributed by atoms with Gasteiger partial charge in [-0.05, 0) is 38.1 Å². The van der Waals surface area contributed by atoms with Gasteiger partial charge >= 0.3 is 0 Å². The highest BCUT2D eigenvalue weighted by atomic mass is 16.5. The number of para-hydroxylation sites is 2. The molecule has 3 heterocycles. The standard InChI is InChI=1S/C26H29N5O2/c1-18(2)31-24-10-5-4-9-21(24)29-26(31)17-30-11-12-33-25(16-30)23-15-27-14-22(28-23)19-7-6-8-20(13-19)32-3/h4-10,13-15,18,25H,11-12,16-17H2,1-3H3/t25-/m0/s1. The molecule has 0 aliphatic carbocycles. The second kappa shape index (κ2) is 9.29. The molecule has 1 atom stereocenters. The smallest absolute Gasteiger partial charge is 0.124 e. The van der Waals surface area contributed by atoms with Crippen LogP contribution in [-0.2, 0) is 11.3 Å². The van der Waals surface area contributed by atoms with E-state index in [1.54, 1.807) is 19.5 Å². The maximum Gasteiger partial charge on any atom is 0.124 e. The molecule has 7 nitrogen and oxygen atoms in total. The Bertz CT molecular complexity index is 1250. The lowest BCUT2D eigenvalue weighted by atomic mass is 10.1. The van der Waals surface area contributed by atoms with Gasteiger partial charge < -0.3 is 14.0 Å². The minimum Gasteiger partial charge on any atom is -0.497 e. The summed E-state index contributed by atoms with van der Waals surface area (Å²) in [7, 11) is 1.67. The van der Waals surface area contributed by atoms with Crippen LogP contribution in [0.15, 0.2) is 60.9 Å². The fourth-order valence-electron chi connectivity index (χ4n) is 4.46. The molecule has 5 rings (SSSR count). The van der Waals surface area contributed by atoms with Gasteiger partial charge in [-0.15, -0.1) is 0 Å². The lowest BCUT2D eigenvalue weighted by Gasteiger charge is -2.32. The van der Waals surface area contributed by atoms with E-state index in [1.807, 2.05) is 30.3 Å². The van der Waals surface area contributed by atoms with Gasteiger partial charge in [-0.2, -0.15) is 0 Å². The number of ether oxygens (including phenoxy) is 2. The average Bonchev–Trinajstić information content (AvgIpc) is 3.22. The Labute approximate surface area is 194 Å². The van der Waals surface area contributed by atoms with Gasteiger partial charge in [0, 0.05) is 24.7 Å². The van der Waals surface area contributed by atoms with Crippen molar-refractivity contribution in [3.05, 3.63) is 72.4 Å². The molecule has 170 valence electrons. The SMILES string of the molecule is COc1cccc(-c2cncc([C@@H]3CN(Cc4nc5ccccc5n4C(C)C)CCO3)n2)c1. The summed E-state index contributed by atoms with van der Waals surface area (Å²) in [6.45, 7) is 7.45. The molecule has 1 aliphatic heterocycles. The molecule has 0 amide bonds. The number of nitrogens with zero attached hydrogens (tertiary/aromatic N) is 5. The molecule has 1 aliphatic rings. The number of methoxy groups -OCH3 is 1. The number of fused-ring (bicyclic) bond motifs is 1. The predicted octanol–water partition coefficient (Wildman–Crippen LogP) is 4.66. The Morgan fingerprint density at radius 1 is 1.09 bits per heavy atom. The average molecular weight is 444 g/mol. The molecule has 2 aromatic heterocycles. The van der Waals surface area contributed by atoms with E-state index in [0.29, 0.717) is 12.6 Å². The summed E-state index contributed by atoms with van der Waals surface area (Å²) < 4.78 is 13.8. The number of aromatic nitrogens is 4. The first-order valence-corrected chi connectivity index (χ1v) is 11.4. The van der Waals surface area contributed by atoms with Gasteiger partial charge in [0.05, 0.1) is 55.1 Å². The van der Waals surface area contributed by atoms with Crippen molar-refractivity contribution in [3.8, 4) is 17.0 Å². The van der Waals surface area contributed by atoms with Crippen LogP contribution in [0.4, 0.5) is 0 Å². The van der Waals surface area contributed by atoms with E-state index in [-0.39, 0.29) is 6.10 Å². The van der Waals surface area contributed by atoms with Gasteiger partial charge in [0.2, 0.25) is 0 Å². The van der Waals surface area contributed by atoms with Crippen LogP contribution < -0.4 is 4.74 Å².